The predicted octanol–water partition coefficient (Wildman–Crippen LogP) is 3.33. The van der Waals surface area contributed by atoms with E-state index in [0.717, 1.165) is 12.1 Å². The molecule has 3 nitrogen and oxygen atoms in total. The van der Waals surface area contributed by atoms with E-state index >= 15 is 0 Å². The molecule has 1 saturated heterocycles. The molecule has 110 valence electrons. The van der Waals surface area contributed by atoms with E-state index in [1.807, 2.05) is 6.92 Å². The Hall–Kier alpha value is -1.08. The maximum absolute atomic E-state index is 12.7. The van der Waals surface area contributed by atoms with Gasteiger partial charge in [-0.05, 0) is 25.1 Å². The highest BCUT2D eigenvalue weighted by Crippen LogP contribution is 2.32. The van der Waals surface area contributed by atoms with Crippen molar-refractivity contribution >= 4 is 21.8 Å². The van der Waals surface area contributed by atoms with E-state index in [1.165, 1.54) is 11.0 Å². The van der Waals surface area contributed by atoms with Crippen molar-refractivity contribution < 1.29 is 22.7 Å². The van der Waals surface area contributed by atoms with Gasteiger partial charge in [0.2, 0.25) is 0 Å². The summed E-state index contributed by atoms with van der Waals surface area (Å²) < 4.78 is 43.8. The Morgan fingerprint density at radius 3 is 2.70 bits per heavy atom. The summed E-state index contributed by atoms with van der Waals surface area (Å²) in [6, 6.07) is 3.24. The van der Waals surface area contributed by atoms with Crippen LogP contribution in [0.4, 0.5) is 13.2 Å². The minimum absolute atomic E-state index is 0.0285. The number of ether oxygens (including phenoxy) is 1. The van der Waals surface area contributed by atoms with E-state index in [0.29, 0.717) is 19.7 Å². The number of benzene rings is 1. The average molecular weight is 352 g/mol. The standard InChI is InChI=1S/C13H13BrF3NO2/c1-8-7-18(2-3-20-8)12(19)9-4-10(13(15,16)17)6-11(14)5-9/h4-6,8H,2-3,7H2,1H3/t8-/m1/s1. The molecule has 7 heteroatoms. The Kier molecular flexibility index (Phi) is 4.39. The van der Waals surface area contributed by atoms with Crippen LogP contribution in [-0.2, 0) is 10.9 Å². The fourth-order valence-corrected chi connectivity index (χ4v) is 2.56. The lowest BCUT2D eigenvalue weighted by Gasteiger charge is -2.31. The fourth-order valence-electron chi connectivity index (χ4n) is 2.06. The van der Waals surface area contributed by atoms with Gasteiger partial charge in [-0.2, -0.15) is 13.2 Å². The van der Waals surface area contributed by atoms with Gasteiger partial charge in [0.25, 0.3) is 5.91 Å². The van der Waals surface area contributed by atoms with Gasteiger partial charge in [0, 0.05) is 23.1 Å². The summed E-state index contributed by atoms with van der Waals surface area (Å²) in [5.74, 6) is -0.410. The summed E-state index contributed by atoms with van der Waals surface area (Å²) in [6.07, 6.45) is -4.58. The Bertz CT molecular complexity index is 519. The molecule has 1 amide bonds. The van der Waals surface area contributed by atoms with E-state index in [2.05, 4.69) is 15.9 Å². The predicted molar refractivity (Wildman–Crippen MR) is 70.5 cm³/mol. The van der Waals surface area contributed by atoms with E-state index in [9.17, 15) is 18.0 Å². The van der Waals surface area contributed by atoms with Gasteiger partial charge in [-0.3, -0.25) is 4.79 Å². The molecule has 0 aliphatic carbocycles. The fraction of sp³-hybridized carbons (Fsp3) is 0.462. The first-order valence-electron chi connectivity index (χ1n) is 6.06. The molecule has 0 aromatic heterocycles. The lowest BCUT2D eigenvalue weighted by Crippen LogP contribution is -2.44. The molecule has 1 atom stereocenters. The van der Waals surface area contributed by atoms with Crippen LogP contribution in [0.25, 0.3) is 0 Å². The third-order valence-corrected chi connectivity index (χ3v) is 3.46. The van der Waals surface area contributed by atoms with E-state index in [1.54, 1.807) is 0 Å². The zero-order valence-corrected chi connectivity index (χ0v) is 12.3. The zero-order valence-electron chi connectivity index (χ0n) is 10.7. The molecule has 0 radical (unpaired) electrons. The SMILES string of the molecule is C[C@@H]1CN(C(=O)c2cc(Br)cc(C(F)(F)F)c2)CCO1. The molecule has 1 aliphatic heterocycles. The number of carbonyl (C=O) groups is 1. The monoisotopic (exact) mass is 351 g/mol. The molecule has 2 rings (SSSR count). The maximum atomic E-state index is 12.7. The minimum atomic E-state index is -4.48. The van der Waals surface area contributed by atoms with Gasteiger partial charge in [-0.15, -0.1) is 0 Å². The summed E-state index contributed by atoms with van der Waals surface area (Å²) in [4.78, 5) is 13.8. The van der Waals surface area contributed by atoms with Crippen molar-refractivity contribution in [2.45, 2.75) is 19.2 Å². The number of rotatable bonds is 1. The second-order valence-electron chi connectivity index (χ2n) is 4.66. The molecule has 0 spiro atoms. The van der Waals surface area contributed by atoms with Gasteiger partial charge in [0.1, 0.15) is 0 Å². The molecule has 1 fully saturated rings. The molecule has 0 unspecified atom stereocenters. The number of morpholine rings is 1. The normalized spacial score (nSPS) is 20.1. The second-order valence-corrected chi connectivity index (χ2v) is 5.57. The summed E-state index contributed by atoms with van der Waals surface area (Å²) in [7, 11) is 0. The summed E-state index contributed by atoms with van der Waals surface area (Å²) in [6.45, 7) is 2.98. The van der Waals surface area contributed by atoms with Crippen LogP contribution in [0.5, 0.6) is 0 Å². The Morgan fingerprint density at radius 2 is 2.10 bits per heavy atom. The number of nitrogens with zero attached hydrogens (tertiary/aromatic N) is 1. The van der Waals surface area contributed by atoms with Crippen molar-refractivity contribution in [3.05, 3.63) is 33.8 Å². The average Bonchev–Trinajstić information content (AvgIpc) is 2.36. The van der Waals surface area contributed by atoms with Crippen LogP contribution >= 0.6 is 15.9 Å². The number of hydrogen-bond donors (Lipinski definition) is 0. The van der Waals surface area contributed by atoms with Gasteiger partial charge in [0.15, 0.2) is 0 Å². The van der Waals surface area contributed by atoms with Crippen LogP contribution in [0.15, 0.2) is 22.7 Å². The van der Waals surface area contributed by atoms with Crippen molar-refractivity contribution in [1.29, 1.82) is 0 Å². The van der Waals surface area contributed by atoms with Gasteiger partial charge in [-0.1, -0.05) is 15.9 Å². The lowest BCUT2D eigenvalue weighted by molar-refractivity contribution is -0.137. The number of amides is 1. The number of carbonyl (C=O) groups excluding carboxylic acids is 1. The Balaban J connectivity index is 2.28. The quantitative estimate of drug-likeness (QED) is 0.776. The van der Waals surface area contributed by atoms with Crippen LogP contribution in [0.2, 0.25) is 0 Å². The second kappa shape index (κ2) is 5.73. The van der Waals surface area contributed by atoms with Gasteiger partial charge < -0.3 is 9.64 Å². The minimum Gasteiger partial charge on any atom is -0.375 e. The third-order valence-electron chi connectivity index (χ3n) is 3.00. The summed E-state index contributed by atoms with van der Waals surface area (Å²) >= 11 is 3.01. The smallest absolute Gasteiger partial charge is 0.375 e. The van der Waals surface area contributed by atoms with Crippen LogP contribution in [-0.4, -0.2) is 36.6 Å². The van der Waals surface area contributed by atoms with Crippen molar-refractivity contribution in [3.63, 3.8) is 0 Å². The van der Waals surface area contributed by atoms with Crippen molar-refractivity contribution in [3.8, 4) is 0 Å². The van der Waals surface area contributed by atoms with E-state index in [-0.39, 0.29) is 16.1 Å². The van der Waals surface area contributed by atoms with Crippen LogP contribution in [0, 0.1) is 0 Å². The summed E-state index contributed by atoms with van der Waals surface area (Å²) in [5, 5.41) is 0. The lowest BCUT2D eigenvalue weighted by atomic mass is 10.1. The Labute approximate surface area is 122 Å². The maximum Gasteiger partial charge on any atom is 0.416 e. The number of alkyl halides is 3. The molecule has 0 bridgehead atoms. The zero-order chi connectivity index (χ0) is 14.9. The third kappa shape index (κ3) is 3.52. The first-order chi connectivity index (χ1) is 9.27. The van der Waals surface area contributed by atoms with Gasteiger partial charge >= 0.3 is 6.18 Å². The molecule has 20 heavy (non-hydrogen) atoms. The summed E-state index contributed by atoms with van der Waals surface area (Å²) in [5.41, 5.74) is -0.808. The topological polar surface area (TPSA) is 29.5 Å². The van der Waals surface area contributed by atoms with Crippen LogP contribution < -0.4 is 0 Å². The molecule has 0 N–H and O–H groups in total. The molecule has 1 aromatic rings. The largest absolute Gasteiger partial charge is 0.416 e. The molecule has 1 aliphatic rings. The number of hydrogen-bond acceptors (Lipinski definition) is 2. The van der Waals surface area contributed by atoms with E-state index in [4.69, 9.17) is 4.74 Å². The first-order valence-corrected chi connectivity index (χ1v) is 6.85. The Morgan fingerprint density at radius 1 is 1.40 bits per heavy atom. The van der Waals surface area contributed by atoms with Crippen molar-refractivity contribution in [1.82, 2.24) is 4.90 Å². The first kappa shape index (κ1) is 15.3. The molecular weight excluding hydrogens is 339 g/mol. The highest BCUT2D eigenvalue weighted by atomic mass is 79.9. The highest BCUT2D eigenvalue weighted by Gasteiger charge is 2.32. The van der Waals surface area contributed by atoms with Crippen LogP contribution in [0.1, 0.15) is 22.8 Å². The molecule has 1 heterocycles. The molecular formula is C13H13BrF3NO2. The van der Waals surface area contributed by atoms with E-state index < -0.39 is 17.6 Å². The number of halogens is 4. The van der Waals surface area contributed by atoms with Gasteiger partial charge in [0.05, 0.1) is 18.3 Å². The van der Waals surface area contributed by atoms with Gasteiger partial charge in [-0.25, -0.2) is 0 Å². The van der Waals surface area contributed by atoms with Crippen molar-refractivity contribution in [2.24, 2.45) is 0 Å². The molecule has 0 saturated carbocycles. The van der Waals surface area contributed by atoms with Crippen LogP contribution in [0.3, 0.4) is 0 Å². The highest BCUT2D eigenvalue weighted by molar-refractivity contribution is 9.10. The van der Waals surface area contributed by atoms with Crippen molar-refractivity contribution in [2.75, 3.05) is 19.7 Å². The molecule has 1 aromatic carbocycles.